The summed E-state index contributed by atoms with van der Waals surface area (Å²) in [7, 11) is 0. The summed E-state index contributed by atoms with van der Waals surface area (Å²) in [5, 5.41) is 0. The summed E-state index contributed by atoms with van der Waals surface area (Å²) in [6.45, 7) is 8.17. The summed E-state index contributed by atoms with van der Waals surface area (Å²) in [5.41, 5.74) is 11.4. The van der Waals surface area contributed by atoms with Gasteiger partial charge in [-0.2, -0.15) is 0 Å². The summed E-state index contributed by atoms with van der Waals surface area (Å²) in [4.78, 5) is 35.0. The van der Waals surface area contributed by atoms with Gasteiger partial charge in [-0.3, -0.25) is 9.59 Å². The van der Waals surface area contributed by atoms with Gasteiger partial charge < -0.3 is 30.4 Å². The minimum atomic E-state index is -1.02. The van der Waals surface area contributed by atoms with Gasteiger partial charge in [-0.1, -0.05) is 27.7 Å². The number of hydrogen-bond donors (Lipinski definition) is 2. The first-order valence-electron chi connectivity index (χ1n) is 8.27. The first kappa shape index (κ1) is 23.1. The largest absolute Gasteiger partial charge is 0.508 e. The summed E-state index contributed by atoms with van der Waals surface area (Å²) < 4.78 is 19.7. The van der Waals surface area contributed by atoms with Crippen LogP contribution >= 0.6 is 0 Å². The Kier molecular flexibility index (Phi) is 10.8. The Morgan fingerprint density at radius 3 is 1.52 bits per heavy atom. The van der Waals surface area contributed by atoms with Crippen LogP contribution in [0.15, 0.2) is 0 Å². The molecule has 4 N–H and O–H groups in total. The number of carbonyl (C=O) groups is 3. The lowest BCUT2D eigenvalue weighted by atomic mass is 10.1. The monoisotopic (exact) mass is 362 g/mol. The molecule has 9 nitrogen and oxygen atoms in total. The van der Waals surface area contributed by atoms with Gasteiger partial charge >= 0.3 is 18.1 Å². The number of hydrogen-bond acceptors (Lipinski definition) is 9. The fraction of sp³-hybridized carbons (Fsp3) is 0.812. The maximum atomic E-state index is 11.8. The first-order valence-corrected chi connectivity index (χ1v) is 8.27. The molecular weight excluding hydrogens is 332 g/mol. The number of carbonyl (C=O) groups excluding carboxylic acids is 3. The summed E-state index contributed by atoms with van der Waals surface area (Å²) in [5.74, 6) is -1.51. The molecule has 0 spiro atoms. The van der Waals surface area contributed by atoms with Gasteiger partial charge in [0.25, 0.3) is 0 Å². The highest BCUT2D eigenvalue weighted by atomic mass is 16.7. The zero-order valence-corrected chi connectivity index (χ0v) is 15.5. The molecular formula is C16H30N2O7. The van der Waals surface area contributed by atoms with E-state index >= 15 is 0 Å². The topological polar surface area (TPSA) is 140 Å². The molecule has 0 aliphatic heterocycles. The fourth-order valence-electron chi connectivity index (χ4n) is 1.49. The molecule has 0 fully saturated rings. The molecule has 25 heavy (non-hydrogen) atoms. The SMILES string of the molecule is CCOC(=O)OC(COC(=O)[C@@H](N)C(C)C)COC(=O)[C@@H](N)C(C)C. The lowest BCUT2D eigenvalue weighted by Crippen LogP contribution is -2.41. The van der Waals surface area contributed by atoms with Crippen LogP contribution in [0, 0.1) is 11.8 Å². The quantitative estimate of drug-likeness (QED) is 0.421. The highest BCUT2D eigenvalue weighted by Crippen LogP contribution is 2.06. The number of ether oxygens (including phenoxy) is 4. The van der Waals surface area contributed by atoms with E-state index in [1.165, 1.54) is 0 Å². The average molecular weight is 362 g/mol. The van der Waals surface area contributed by atoms with Crippen molar-refractivity contribution >= 4 is 18.1 Å². The third-order valence-electron chi connectivity index (χ3n) is 3.33. The molecule has 0 aromatic rings. The van der Waals surface area contributed by atoms with Crippen LogP contribution in [0.5, 0.6) is 0 Å². The normalized spacial score (nSPS) is 13.5. The van der Waals surface area contributed by atoms with Crippen molar-refractivity contribution in [3.05, 3.63) is 0 Å². The van der Waals surface area contributed by atoms with Gasteiger partial charge in [-0.25, -0.2) is 4.79 Å². The Morgan fingerprint density at radius 1 is 0.800 bits per heavy atom. The first-order chi connectivity index (χ1) is 11.6. The van der Waals surface area contributed by atoms with E-state index in [2.05, 4.69) is 4.74 Å². The maximum Gasteiger partial charge on any atom is 0.508 e. The molecule has 0 amide bonds. The lowest BCUT2D eigenvalue weighted by molar-refractivity contribution is -0.156. The predicted molar refractivity (Wildman–Crippen MR) is 89.4 cm³/mol. The molecule has 0 saturated heterocycles. The van der Waals surface area contributed by atoms with Crippen molar-refractivity contribution in [1.29, 1.82) is 0 Å². The predicted octanol–water partition coefficient (Wildman–Crippen LogP) is 0.581. The van der Waals surface area contributed by atoms with Crippen molar-refractivity contribution in [3.8, 4) is 0 Å². The van der Waals surface area contributed by atoms with Gasteiger partial charge in [0.2, 0.25) is 0 Å². The zero-order chi connectivity index (χ0) is 19.6. The molecule has 0 unspecified atom stereocenters. The van der Waals surface area contributed by atoms with E-state index in [1.807, 2.05) is 0 Å². The highest BCUT2D eigenvalue weighted by molar-refractivity contribution is 5.76. The van der Waals surface area contributed by atoms with Crippen LogP contribution in [-0.2, 0) is 28.5 Å². The van der Waals surface area contributed by atoms with E-state index in [-0.39, 0.29) is 31.7 Å². The van der Waals surface area contributed by atoms with E-state index in [4.69, 9.17) is 25.7 Å². The van der Waals surface area contributed by atoms with Crippen molar-refractivity contribution in [2.24, 2.45) is 23.3 Å². The van der Waals surface area contributed by atoms with Crippen molar-refractivity contribution in [1.82, 2.24) is 0 Å². The van der Waals surface area contributed by atoms with Crippen molar-refractivity contribution in [3.63, 3.8) is 0 Å². The zero-order valence-electron chi connectivity index (χ0n) is 15.5. The molecule has 2 atom stereocenters. The van der Waals surface area contributed by atoms with Crippen molar-refractivity contribution in [2.45, 2.75) is 52.8 Å². The summed E-state index contributed by atoms with van der Waals surface area (Å²) >= 11 is 0. The second-order valence-corrected chi connectivity index (χ2v) is 6.22. The van der Waals surface area contributed by atoms with Crippen LogP contribution in [-0.4, -0.2) is 56.1 Å². The number of esters is 2. The van der Waals surface area contributed by atoms with Gasteiger partial charge in [-0.05, 0) is 18.8 Å². The standard InChI is InChI=1S/C16H30N2O7/c1-6-22-16(21)25-11(7-23-14(19)12(17)9(2)3)8-24-15(20)13(18)10(4)5/h9-13H,6-8,17-18H2,1-5H3/t12-,13-/m0/s1. The van der Waals surface area contributed by atoms with Crippen molar-refractivity contribution < 1.29 is 33.3 Å². The molecule has 0 aliphatic rings. The lowest BCUT2D eigenvalue weighted by Gasteiger charge is -2.21. The minimum absolute atomic E-state index is 0.112. The maximum absolute atomic E-state index is 11.8. The Balaban J connectivity index is 4.68. The average Bonchev–Trinajstić information content (AvgIpc) is 2.54. The van der Waals surface area contributed by atoms with Gasteiger partial charge in [0.05, 0.1) is 6.61 Å². The Bertz CT molecular complexity index is 410. The second-order valence-electron chi connectivity index (χ2n) is 6.22. The van der Waals surface area contributed by atoms with Crippen LogP contribution in [0.25, 0.3) is 0 Å². The Morgan fingerprint density at radius 2 is 1.20 bits per heavy atom. The van der Waals surface area contributed by atoms with Crippen LogP contribution in [0.4, 0.5) is 4.79 Å². The fourth-order valence-corrected chi connectivity index (χ4v) is 1.49. The molecule has 0 rings (SSSR count). The third kappa shape index (κ3) is 9.25. The van der Waals surface area contributed by atoms with E-state index < -0.39 is 36.3 Å². The van der Waals surface area contributed by atoms with Gasteiger partial charge in [-0.15, -0.1) is 0 Å². The van der Waals surface area contributed by atoms with Gasteiger partial charge in [0.1, 0.15) is 25.3 Å². The minimum Gasteiger partial charge on any atom is -0.460 e. The molecule has 0 radical (unpaired) electrons. The highest BCUT2D eigenvalue weighted by Gasteiger charge is 2.25. The Hall–Kier alpha value is -1.87. The molecule has 0 aliphatic carbocycles. The van der Waals surface area contributed by atoms with Crippen LogP contribution in [0.2, 0.25) is 0 Å². The summed E-state index contributed by atoms with van der Waals surface area (Å²) in [6.07, 6.45) is -1.98. The third-order valence-corrected chi connectivity index (χ3v) is 3.33. The van der Waals surface area contributed by atoms with E-state index in [0.29, 0.717) is 0 Å². The Labute approximate surface area is 148 Å². The number of rotatable bonds is 10. The molecule has 0 aromatic heterocycles. The van der Waals surface area contributed by atoms with Crippen LogP contribution in [0.1, 0.15) is 34.6 Å². The van der Waals surface area contributed by atoms with Crippen LogP contribution in [0.3, 0.4) is 0 Å². The molecule has 9 heteroatoms. The molecule has 0 bridgehead atoms. The van der Waals surface area contributed by atoms with E-state index in [9.17, 15) is 14.4 Å². The smallest absolute Gasteiger partial charge is 0.460 e. The van der Waals surface area contributed by atoms with Gasteiger partial charge in [0, 0.05) is 0 Å². The molecule has 0 aromatic carbocycles. The van der Waals surface area contributed by atoms with Crippen LogP contribution < -0.4 is 11.5 Å². The van der Waals surface area contributed by atoms with E-state index in [0.717, 1.165) is 0 Å². The summed E-state index contributed by atoms with van der Waals surface area (Å²) in [6, 6.07) is -1.61. The van der Waals surface area contributed by atoms with Crippen molar-refractivity contribution in [2.75, 3.05) is 19.8 Å². The molecule has 0 saturated carbocycles. The van der Waals surface area contributed by atoms with E-state index in [1.54, 1.807) is 34.6 Å². The number of nitrogens with two attached hydrogens (primary N) is 2. The molecule has 146 valence electrons. The second kappa shape index (κ2) is 11.6. The van der Waals surface area contributed by atoms with Gasteiger partial charge in [0.15, 0.2) is 6.10 Å². The molecule has 0 heterocycles.